The lowest BCUT2D eigenvalue weighted by atomic mass is 10.1. The van der Waals surface area contributed by atoms with E-state index in [4.69, 9.17) is 28.9 Å². The molecule has 5 heteroatoms. The molecule has 0 heterocycles. The molecular formula is C14H12Cl2N2O. The summed E-state index contributed by atoms with van der Waals surface area (Å²) in [7, 11) is 0. The van der Waals surface area contributed by atoms with Crippen molar-refractivity contribution in [3.8, 4) is 0 Å². The number of nitrogens with one attached hydrogen (secondary N) is 1. The second-order valence-corrected chi connectivity index (χ2v) is 4.96. The average molecular weight is 295 g/mol. The summed E-state index contributed by atoms with van der Waals surface area (Å²) in [5.41, 5.74) is 7.60. The normalized spacial score (nSPS) is 10.2. The zero-order valence-electron chi connectivity index (χ0n) is 9.99. The lowest BCUT2D eigenvalue weighted by molar-refractivity contribution is -0.115. The predicted molar refractivity (Wildman–Crippen MR) is 79.7 cm³/mol. The number of carbonyl (C=O) groups is 1. The Balaban J connectivity index is 2.05. The summed E-state index contributed by atoms with van der Waals surface area (Å²) in [6, 6.07) is 12.1. The molecule has 0 atom stereocenters. The molecule has 0 fully saturated rings. The van der Waals surface area contributed by atoms with Crippen LogP contribution in [-0.2, 0) is 11.2 Å². The van der Waals surface area contributed by atoms with Crippen LogP contribution in [0.4, 0.5) is 11.4 Å². The molecule has 0 saturated carbocycles. The fourth-order valence-corrected chi connectivity index (χ4v) is 2.07. The zero-order valence-corrected chi connectivity index (χ0v) is 11.5. The van der Waals surface area contributed by atoms with Crippen molar-refractivity contribution >= 4 is 40.5 Å². The zero-order chi connectivity index (χ0) is 13.8. The molecule has 3 N–H and O–H groups in total. The topological polar surface area (TPSA) is 55.1 Å². The van der Waals surface area contributed by atoms with Crippen LogP contribution in [0.2, 0.25) is 10.0 Å². The molecule has 0 aliphatic carbocycles. The molecule has 0 spiro atoms. The average Bonchev–Trinajstić information content (AvgIpc) is 2.33. The first-order valence-corrected chi connectivity index (χ1v) is 6.39. The second-order valence-electron chi connectivity index (χ2n) is 4.09. The van der Waals surface area contributed by atoms with Gasteiger partial charge >= 0.3 is 0 Å². The molecular weight excluding hydrogens is 283 g/mol. The van der Waals surface area contributed by atoms with E-state index in [0.29, 0.717) is 21.4 Å². The molecule has 98 valence electrons. The van der Waals surface area contributed by atoms with E-state index in [2.05, 4.69) is 5.32 Å². The molecule has 0 aromatic heterocycles. The van der Waals surface area contributed by atoms with Crippen molar-refractivity contribution in [1.29, 1.82) is 0 Å². The van der Waals surface area contributed by atoms with Crippen LogP contribution in [0.1, 0.15) is 5.56 Å². The highest BCUT2D eigenvalue weighted by Gasteiger charge is 2.07. The monoisotopic (exact) mass is 294 g/mol. The Morgan fingerprint density at radius 1 is 1.11 bits per heavy atom. The Labute approximate surface area is 121 Å². The van der Waals surface area contributed by atoms with E-state index >= 15 is 0 Å². The smallest absolute Gasteiger partial charge is 0.228 e. The first-order valence-electron chi connectivity index (χ1n) is 5.64. The van der Waals surface area contributed by atoms with Crippen LogP contribution in [0.25, 0.3) is 0 Å². The molecule has 0 unspecified atom stereocenters. The van der Waals surface area contributed by atoms with Crippen molar-refractivity contribution in [2.45, 2.75) is 6.42 Å². The molecule has 0 radical (unpaired) electrons. The van der Waals surface area contributed by atoms with Crippen molar-refractivity contribution in [2.24, 2.45) is 0 Å². The third kappa shape index (κ3) is 3.88. The lowest BCUT2D eigenvalue weighted by Gasteiger charge is -2.08. The van der Waals surface area contributed by atoms with Gasteiger partial charge in [0, 0.05) is 10.0 Å². The third-order valence-electron chi connectivity index (χ3n) is 2.54. The minimum Gasteiger partial charge on any atom is -0.397 e. The number of hydrogen-bond acceptors (Lipinski definition) is 2. The van der Waals surface area contributed by atoms with Crippen molar-refractivity contribution in [3.63, 3.8) is 0 Å². The SMILES string of the molecule is Nc1cc(Cl)ccc1NC(=O)Cc1cccc(Cl)c1. The van der Waals surface area contributed by atoms with Gasteiger partial charge in [0.1, 0.15) is 0 Å². The Morgan fingerprint density at radius 2 is 1.84 bits per heavy atom. The highest BCUT2D eigenvalue weighted by molar-refractivity contribution is 6.31. The minimum atomic E-state index is -0.156. The van der Waals surface area contributed by atoms with Gasteiger partial charge < -0.3 is 11.1 Å². The van der Waals surface area contributed by atoms with Crippen LogP contribution < -0.4 is 11.1 Å². The highest BCUT2D eigenvalue weighted by Crippen LogP contribution is 2.22. The number of carbonyl (C=O) groups excluding carboxylic acids is 1. The Bertz CT molecular complexity index is 614. The fourth-order valence-electron chi connectivity index (χ4n) is 1.67. The standard InChI is InChI=1S/C14H12Cl2N2O/c15-10-3-1-2-9(6-10)7-14(19)18-13-5-4-11(16)8-12(13)17/h1-6,8H,7,17H2,(H,18,19). The third-order valence-corrected chi connectivity index (χ3v) is 3.01. The molecule has 0 aliphatic rings. The van der Waals surface area contributed by atoms with Crippen molar-refractivity contribution < 1.29 is 4.79 Å². The Kier molecular flexibility index (Phi) is 4.30. The quantitative estimate of drug-likeness (QED) is 0.847. The molecule has 2 rings (SSSR count). The van der Waals surface area contributed by atoms with Crippen LogP contribution in [0, 0.1) is 0 Å². The van der Waals surface area contributed by atoms with Crippen LogP contribution in [0.3, 0.4) is 0 Å². The molecule has 19 heavy (non-hydrogen) atoms. The van der Waals surface area contributed by atoms with E-state index in [1.54, 1.807) is 30.3 Å². The van der Waals surface area contributed by atoms with Crippen molar-refractivity contribution in [2.75, 3.05) is 11.1 Å². The summed E-state index contributed by atoms with van der Waals surface area (Å²) in [5, 5.41) is 3.88. The van der Waals surface area contributed by atoms with Gasteiger partial charge in [-0.2, -0.15) is 0 Å². The summed E-state index contributed by atoms with van der Waals surface area (Å²) in [5.74, 6) is -0.156. The Morgan fingerprint density at radius 3 is 2.53 bits per heavy atom. The van der Waals surface area contributed by atoms with Crippen LogP contribution in [0.15, 0.2) is 42.5 Å². The molecule has 2 aromatic carbocycles. The number of hydrogen-bond donors (Lipinski definition) is 2. The summed E-state index contributed by atoms with van der Waals surface area (Å²) in [4.78, 5) is 11.9. The van der Waals surface area contributed by atoms with E-state index in [0.717, 1.165) is 5.56 Å². The first kappa shape index (κ1) is 13.7. The van der Waals surface area contributed by atoms with Crippen LogP contribution >= 0.6 is 23.2 Å². The van der Waals surface area contributed by atoms with E-state index in [1.807, 2.05) is 12.1 Å². The number of nitrogen functional groups attached to an aromatic ring is 1. The minimum absolute atomic E-state index is 0.156. The largest absolute Gasteiger partial charge is 0.397 e. The fraction of sp³-hybridized carbons (Fsp3) is 0.0714. The lowest BCUT2D eigenvalue weighted by Crippen LogP contribution is -2.15. The van der Waals surface area contributed by atoms with E-state index < -0.39 is 0 Å². The van der Waals surface area contributed by atoms with Gasteiger partial charge in [-0.1, -0.05) is 35.3 Å². The van der Waals surface area contributed by atoms with Gasteiger partial charge in [-0.05, 0) is 35.9 Å². The maximum absolute atomic E-state index is 11.9. The summed E-state index contributed by atoms with van der Waals surface area (Å²) in [6.07, 6.45) is 0.239. The molecule has 3 nitrogen and oxygen atoms in total. The van der Waals surface area contributed by atoms with Gasteiger partial charge in [-0.3, -0.25) is 4.79 Å². The van der Waals surface area contributed by atoms with Crippen molar-refractivity contribution in [1.82, 2.24) is 0 Å². The maximum Gasteiger partial charge on any atom is 0.228 e. The van der Waals surface area contributed by atoms with Gasteiger partial charge in [0.05, 0.1) is 17.8 Å². The maximum atomic E-state index is 11.9. The van der Waals surface area contributed by atoms with E-state index in [1.165, 1.54) is 0 Å². The summed E-state index contributed by atoms with van der Waals surface area (Å²) in [6.45, 7) is 0. The molecule has 1 amide bonds. The number of benzene rings is 2. The number of rotatable bonds is 3. The summed E-state index contributed by atoms with van der Waals surface area (Å²) >= 11 is 11.7. The van der Waals surface area contributed by atoms with Crippen LogP contribution in [-0.4, -0.2) is 5.91 Å². The number of halogens is 2. The van der Waals surface area contributed by atoms with Gasteiger partial charge in [-0.25, -0.2) is 0 Å². The molecule has 2 aromatic rings. The Hall–Kier alpha value is -1.71. The second kappa shape index (κ2) is 5.95. The van der Waals surface area contributed by atoms with Crippen molar-refractivity contribution in [3.05, 3.63) is 58.1 Å². The van der Waals surface area contributed by atoms with E-state index in [-0.39, 0.29) is 12.3 Å². The van der Waals surface area contributed by atoms with Gasteiger partial charge in [0.25, 0.3) is 0 Å². The number of nitrogens with two attached hydrogens (primary N) is 1. The number of anilines is 2. The summed E-state index contributed by atoms with van der Waals surface area (Å²) < 4.78 is 0. The number of amides is 1. The molecule has 0 saturated heterocycles. The molecule has 0 bridgehead atoms. The highest BCUT2D eigenvalue weighted by atomic mass is 35.5. The van der Waals surface area contributed by atoms with Gasteiger partial charge in [-0.15, -0.1) is 0 Å². The first-order chi connectivity index (χ1) is 9.04. The predicted octanol–water partition coefficient (Wildman–Crippen LogP) is 3.76. The van der Waals surface area contributed by atoms with Gasteiger partial charge in [0.15, 0.2) is 0 Å². The van der Waals surface area contributed by atoms with Crippen LogP contribution in [0.5, 0.6) is 0 Å². The van der Waals surface area contributed by atoms with Gasteiger partial charge in [0.2, 0.25) is 5.91 Å². The van der Waals surface area contributed by atoms with E-state index in [9.17, 15) is 4.79 Å². The molecule has 0 aliphatic heterocycles.